The van der Waals surface area contributed by atoms with Crippen LogP contribution in [0.4, 0.5) is 5.82 Å². The number of fused-ring (bicyclic) bond motifs is 1. The van der Waals surface area contributed by atoms with Gasteiger partial charge in [0.2, 0.25) is 0 Å². The molecule has 2 unspecified atom stereocenters. The lowest BCUT2D eigenvalue weighted by atomic mass is 9.52. The van der Waals surface area contributed by atoms with Crippen molar-refractivity contribution in [3.8, 4) is 11.3 Å². The van der Waals surface area contributed by atoms with Crippen molar-refractivity contribution in [2.24, 2.45) is 17.8 Å². The second kappa shape index (κ2) is 7.21. The van der Waals surface area contributed by atoms with E-state index in [2.05, 4.69) is 39.3 Å². The summed E-state index contributed by atoms with van der Waals surface area (Å²) >= 11 is 0. The van der Waals surface area contributed by atoms with E-state index >= 15 is 0 Å². The number of nitrogen functional groups attached to an aromatic ring is 1. The van der Waals surface area contributed by atoms with E-state index in [0.29, 0.717) is 23.4 Å². The van der Waals surface area contributed by atoms with E-state index in [4.69, 9.17) is 5.73 Å². The van der Waals surface area contributed by atoms with Gasteiger partial charge in [-0.25, -0.2) is 9.97 Å². The molecule has 1 amide bonds. The van der Waals surface area contributed by atoms with Gasteiger partial charge in [-0.2, -0.15) is 0 Å². The van der Waals surface area contributed by atoms with Crippen LogP contribution in [0.1, 0.15) is 68.2 Å². The molecule has 3 heterocycles. The molecule has 4 fully saturated rings. The van der Waals surface area contributed by atoms with Crippen LogP contribution in [0.15, 0.2) is 24.5 Å². The predicted octanol–water partition coefficient (Wildman–Crippen LogP) is 2.56. The second-order valence-corrected chi connectivity index (χ2v) is 10.5. The topological polar surface area (TPSA) is 131 Å². The lowest BCUT2D eigenvalue weighted by molar-refractivity contribution is -0.136. The molecule has 2 atom stereocenters. The van der Waals surface area contributed by atoms with E-state index in [9.17, 15) is 9.90 Å². The maximum atomic E-state index is 13.3. The van der Waals surface area contributed by atoms with Crippen LogP contribution in [-0.2, 0) is 0 Å². The normalized spacial score (nSPS) is 30.3. The molecule has 3 aromatic heterocycles. The van der Waals surface area contributed by atoms with Crippen LogP contribution in [0.5, 0.6) is 0 Å². The number of anilines is 1. The van der Waals surface area contributed by atoms with Crippen molar-refractivity contribution in [2.45, 2.75) is 63.5 Å². The number of nitrogens with one attached hydrogen (secondary N) is 1. The van der Waals surface area contributed by atoms with Gasteiger partial charge < -0.3 is 16.2 Å². The summed E-state index contributed by atoms with van der Waals surface area (Å²) in [5.41, 5.74) is 7.82. The van der Waals surface area contributed by atoms with Crippen LogP contribution in [0.25, 0.3) is 16.9 Å². The zero-order valence-electron chi connectivity index (χ0n) is 18.9. The van der Waals surface area contributed by atoms with Crippen molar-refractivity contribution in [1.82, 2.24) is 29.9 Å². The van der Waals surface area contributed by atoms with Crippen molar-refractivity contribution >= 4 is 17.4 Å². The molecule has 3 aromatic rings. The highest BCUT2D eigenvalue weighted by Gasteiger charge is 2.55. The molecule has 0 aliphatic heterocycles. The lowest BCUT2D eigenvalue weighted by Crippen LogP contribution is -2.61. The third-order valence-corrected chi connectivity index (χ3v) is 7.80. The Morgan fingerprint density at radius 2 is 1.97 bits per heavy atom. The van der Waals surface area contributed by atoms with Gasteiger partial charge in [-0.1, -0.05) is 13.8 Å². The predicted molar refractivity (Wildman–Crippen MR) is 122 cm³/mol. The fourth-order valence-electron chi connectivity index (χ4n) is 6.60. The zero-order chi connectivity index (χ0) is 22.9. The molecule has 4 N–H and O–H groups in total. The zero-order valence-corrected chi connectivity index (χ0v) is 18.9. The Hall–Kier alpha value is -3.07. The molecule has 0 radical (unpaired) electrons. The molecule has 4 bridgehead atoms. The lowest BCUT2D eigenvalue weighted by Gasteiger charge is -2.58. The Labute approximate surface area is 191 Å². The minimum atomic E-state index is -0.536. The monoisotopic (exact) mass is 447 g/mol. The molecule has 9 nitrogen and oxygen atoms in total. The number of carbonyl (C=O) groups excluding carboxylic acids is 1. The van der Waals surface area contributed by atoms with Gasteiger partial charge in [0, 0.05) is 23.7 Å². The molecule has 0 saturated heterocycles. The molecule has 33 heavy (non-hydrogen) atoms. The van der Waals surface area contributed by atoms with E-state index in [1.165, 1.54) is 0 Å². The van der Waals surface area contributed by atoms with E-state index in [-0.39, 0.29) is 29.4 Å². The van der Waals surface area contributed by atoms with E-state index in [0.717, 1.165) is 49.1 Å². The number of aliphatic hydroxyl groups is 1. The fourth-order valence-corrected chi connectivity index (χ4v) is 6.60. The van der Waals surface area contributed by atoms with Gasteiger partial charge in [0.05, 0.1) is 17.5 Å². The highest BCUT2D eigenvalue weighted by molar-refractivity contribution is 5.97. The fraction of sp³-hybridized carbons (Fsp3) is 0.542. The van der Waals surface area contributed by atoms with Gasteiger partial charge in [-0.05, 0) is 62.0 Å². The average molecular weight is 448 g/mol. The van der Waals surface area contributed by atoms with Crippen molar-refractivity contribution in [3.05, 3.63) is 36.0 Å². The van der Waals surface area contributed by atoms with Crippen LogP contribution in [0.2, 0.25) is 0 Å². The first-order chi connectivity index (χ1) is 15.8. The first-order valence-electron chi connectivity index (χ1n) is 11.8. The smallest absolute Gasteiger partial charge is 0.273 e. The molecule has 4 saturated carbocycles. The van der Waals surface area contributed by atoms with Crippen molar-refractivity contribution < 1.29 is 9.90 Å². The highest BCUT2D eigenvalue weighted by atomic mass is 16.3. The minimum Gasteiger partial charge on any atom is -0.390 e. The first kappa shape index (κ1) is 20.5. The summed E-state index contributed by atoms with van der Waals surface area (Å²) in [4.78, 5) is 22.1. The molecule has 0 spiro atoms. The average Bonchev–Trinajstić information content (AvgIpc) is 3.19. The number of pyridine rings is 1. The van der Waals surface area contributed by atoms with Crippen molar-refractivity contribution in [3.63, 3.8) is 0 Å². The summed E-state index contributed by atoms with van der Waals surface area (Å²) in [6, 6.07) is 3.83. The Morgan fingerprint density at radius 3 is 2.67 bits per heavy atom. The highest BCUT2D eigenvalue weighted by Crippen LogP contribution is 2.55. The number of amides is 1. The van der Waals surface area contributed by atoms with E-state index in [1.54, 1.807) is 6.20 Å². The summed E-state index contributed by atoms with van der Waals surface area (Å²) < 4.78 is 1.94. The van der Waals surface area contributed by atoms with Gasteiger partial charge in [0.15, 0.2) is 17.2 Å². The number of hydrogen-bond donors (Lipinski definition) is 3. The van der Waals surface area contributed by atoms with Crippen LogP contribution in [0.3, 0.4) is 0 Å². The largest absolute Gasteiger partial charge is 0.390 e. The standard InChI is InChI=1S/C24H29N7O2/c1-12(2)22-30-29-18-4-3-14(11-31(18)22)17-10-26-21(25)20(27-17)23(32)28-19-15-5-13-6-16(19)9-24(33,7-13)8-15/h3-4,10-13,15-16,19,33H,5-9H2,1-2H3,(H2,25,26)(H,28,32). The van der Waals surface area contributed by atoms with Crippen LogP contribution >= 0.6 is 0 Å². The Kier molecular flexibility index (Phi) is 4.49. The molecule has 172 valence electrons. The molecule has 4 aliphatic rings. The molecular formula is C24H29N7O2. The number of nitrogens with zero attached hydrogens (tertiary/aromatic N) is 5. The van der Waals surface area contributed by atoms with E-state index < -0.39 is 5.60 Å². The third kappa shape index (κ3) is 3.37. The summed E-state index contributed by atoms with van der Waals surface area (Å²) in [5, 5.41) is 22.5. The Bertz CT molecular complexity index is 1240. The second-order valence-electron chi connectivity index (χ2n) is 10.5. The van der Waals surface area contributed by atoms with Gasteiger partial charge in [0.25, 0.3) is 5.91 Å². The van der Waals surface area contributed by atoms with E-state index in [1.807, 2.05) is 22.7 Å². The van der Waals surface area contributed by atoms with Crippen molar-refractivity contribution in [1.29, 1.82) is 0 Å². The minimum absolute atomic E-state index is 0.0566. The van der Waals surface area contributed by atoms with Crippen LogP contribution < -0.4 is 11.1 Å². The summed E-state index contributed by atoms with van der Waals surface area (Å²) in [5.74, 6) is 2.11. The number of aromatic nitrogens is 5. The summed E-state index contributed by atoms with van der Waals surface area (Å²) in [6.07, 6.45) is 8.10. The first-order valence-corrected chi connectivity index (χ1v) is 11.8. The quantitative estimate of drug-likeness (QED) is 0.560. The van der Waals surface area contributed by atoms with Gasteiger partial charge in [-0.15, -0.1) is 10.2 Å². The van der Waals surface area contributed by atoms with Crippen LogP contribution in [-0.4, -0.2) is 47.2 Å². The maximum absolute atomic E-state index is 13.3. The van der Waals surface area contributed by atoms with Crippen LogP contribution in [0, 0.1) is 17.8 Å². The molecule has 9 heteroatoms. The number of carbonyl (C=O) groups is 1. The van der Waals surface area contributed by atoms with Gasteiger partial charge in [0.1, 0.15) is 5.82 Å². The summed E-state index contributed by atoms with van der Waals surface area (Å²) in [7, 11) is 0. The van der Waals surface area contributed by atoms with Gasteiger partial charge >= 0.3 is 0 Å². The molecule has 0 aromatic carbocycles. The molecular weight excluding hydrogens is 418 g/mol. The Morgan fingerprint density at radius 1 is 1.21 bits per heavy atom. The Balaban J connectivity index is 1.28. The molecule has 7 rings (SSSR count). The number of rotatable bonds is 4. The number of hydrogen-bond acceptors (Lipinski definition) is 7. The van der Waals surface area contributed by atoms with Crippen molar-refractivity contribution in [2.75, 3.05) is 5.73 Å². The maximum Gasteiger partial charge on any atom is 0.273 e. The molecule has 4 aliphatic carbocycles. The van der Waals surface area contributed by atoms with Gasteiger partial charge in [-0.3, -0.25) is 9.20 Å². The summed E-state index contributed by atoms with van der Waals surface area (Å²) in [6.45, 7) is 4.13. The third-order valence-electron chi connectivity index (χ3n) is 7.80. The number of nitrogens with two attached hydrogens (primary N) is 1. The SMILES string of the molecule is CC(C)c1nnc2ccc(-c3cnc(N)c(C(=O)NC4C5CC6CC4CC(O)(C6)C5)n3)cn12.